The van der Waals surface area contributed by atoms with Gasteiger partial charge in [0.15, 0.2) is 5.65 Å². The summed E-state index contributed by atoms with van der Waals surface area (Å²) in [5.74, 6) is -0.864. The van der Waals surface area contributed by atoms with Gasteiger partial charge >= 0.3 is 5.97 Å². The molecule has 0 aliphatic heterocycles. The van der Waals surface area contributed by atoms with E-state index in [-0.39, 0.29) is 18.0 Å². The van der Waals surface area contributed by atoms with Crippen LogP contribution in [0.1, 0.15) is 10.4 Å². The number of amides is 1. The molecule has 3 rings (SSSR count). The molecule has 0 bridgehead atoms. The maximum Gasteiger partial charge on any atom is 0.337 e. The van der Waals surface area contributed by atoms with E-state index in [2.05, 4.69) is 25.1 Å². The molecular weight excluding hydrogens is 314 g/mol. The molecule has 122 valence electrons. The largest absolute Gasteiger partial charge is 0.465 e. The van der Waals surface area contributed by atoms with Gasteiger partial charge in [-0.05, 0) is 18.2 Å². The molecule has 2 aromatic heterocycles. The molecule has 0 fully saturated rings. The number of hydrogen-bond donors (Lipinski definition) is 2. The van der Waals surface area contributed by atoms with Crippen molar-refractivity contribution in [3.05, 3.63) is 52.7 Å². The topological polar surface area (TPSA) is 119 Å². The van der Waals surface area contributed by atoms with E-state index in [9.17, 15) is 14.4 Å². The summed E-state index contributed by atoms with van der Waals surface area (Å²) in [4.78, 5) is 41.7. The summed E-state index contributed by atoms with van der Waals surface area (Å²) in [6.07, 6.45) is 2.60. The fraction of sp³-hybridized carbons (Fsp3) is 0.133. The average molecular weight is 327 g/mol. The lowest BCUT2D eigenvalue weighted by atomic mass is 10.2. The molecule has 0 saturated carbocycles. The molecule has 2 N–H and O–H groups in total. The number of ether oxygens (including phenoxy) is 1. The quantitative estimate of drug-likeness (QED) is 0.675. The molecule has 0 atom stereocenters. The molecule has 9 heteroatoms. The molecule has 0 aliphatic carbocycles. The van der Waals surface area contributed by atoms with Gasteiger partial charge < -0.3 is 15.0 Å². The normalized spacial score (nSPS) is 10.5. The molecule has 3 aromatic rings. The predicted octanol–water partition coefficient (Wildman–Crippen LogP) is 0.545. The fourth-order valence-corrected chi connectivity index (χ4v) is 2.20. The van der Waals surface area contributed by atoms with Crippen LogP contribution in [0.2, 0.25) is 0 Å². The molecule has 0 unspecified atom stereocenters. The fourth-order valence-electron chi connectivity index (χ4n) is 2.20. The van der Waals surface area contributed by atoms with E-state index >= 15 is 0 Å². The maximum absolute atomic E-state index is 12.2. The van der Waals surface area contributed by atoms with Crippen molar-refractivity contribution in [1.29, 1.82) is 0 Å². The summed E-state index contributed by atoms with van der Waals surface area (Å²) in [5.41, 5.74) is 0.771. The minimum atomic E-state index is -0.493. The predicted molar refractivity (Wildman–Crippen MR) is 84.6 cm³/mol. The Bertz CT molecular complexity index is 975. The standard InChI is InChI=1S/C15H13N5O4/c1-24-15(23)9-3-2-4-10(5-9)19-12(21)7-20-13-11(6-18-20)14(22)17-8-16-13/h2-6,8H,7H2,1H3,(H,19,21)(H,16,17,22). The molecule has 2 heterocycles. The summed E-state index contributed by atoms with van der Waals surface area (Å²) in [5, 5.41) is 6.96. The van der Waals surface area contributed by atoms with Crippen LogP contribution in [0, 0.1) is 0 Å². The van der Waals surface area contributed by atoms with Gasteiger partial charge in [0, 0.05) is 5.69 Å². The van der Waals surface area contributed by atoms with Crippen LogP contribution in [0.3, 0.4) is 0 Å². The summed E-state index contributed by atoms with van der Waals surface area (Å²) in [6.45, 7) is -0.123. The van der Waals surface area contributed by atoms with Crippen LogP contribution < -0.4 is 10.9 Å². The number of aromatic amines is 1. The number of rotatable bonds is 4. The highest BCUT2D eigenvalue weighted by Gasteiger charge is 2.12. The first kappa shape index (κ1) is 15.4. The number of aromatic nitrogens is 4. The summed E-state index contributed by atoms with van der Waals surface area (Å²) in [7, 11) is 1.28. The second-order valence-corrected chi connectivity index (χ2v) is 4.89. The smallest absolute Gasteiger partial charge is 0.337 e. The van der Waals surface area contributed by atoms with E-state index < -0.39 is 5.97 Å². The zero-order valence-electron chi connectivity index (χ0n) is 12.6. The molecule has 0 radical (unpaired) electrons. The minimum absolute atomic E-state index is 0.123. The lowest BCUT2D eigenvalue weighted by Gasteiger charge is -2.07. The third-order valence-electron chi connectivity index (χ3n) is 3.30. The van der Waals surface area contributed by atoms with Gasteiger partial charge in [0.05, 0.1) is 25.2 Å². The van der Waals surface area contributed by atoms with Gasteiger partial charge in [-0.15, -0.1) is 0 Å². The zero-order chi connectivity index (χ0) is 17.1. The van der Waals surface area contributed by atoms with Crippen LogP contribution in [0.4, 0.5) is 5.69 Å². The Morgan fingerprint density at radius 1 is 1.38 bits per heavy atom. The van der Waals surface area contributed by atoms with E-state index in [0.717, 1.165) is 0 Å². The van der Waals surface area contributed by atoms with Crippen LogP contribution in [-0.4, -0.2) is 38.7 Å². The van der Waals surface area contributed by atoms with Crippen molar-refractivity contribution in [3.63, 3.8) is 0 Å². The number of benzene rings is 1. The summed E-state index contributed by atoms with van der Waals surface area (Å²) >= 11 is 0. The van der Waals surface area contributed by atoms with E-state index in [1.807, 2.05) is 0 Å². The lowest BCUT2D eigenvalue weighted by Crippen LogP contribution is -2.20. The SMILES string of the molecule is COC(=O)c1cccc(NC(=O)Cn2ncc3c(=O)[nH]cnc32)c1. The van der Waals surface area contributed by atoms with Gasteiger partial charge in [0.25, 0.3) is 5.56 Å². The number of anilines is 1. The first-order valence-corrected chi connectivity index (χ1v) is 6.96. The number of hydrogen-bond acceptors (Lipinski definition) is 6. The van der Waals surface area contributed by atoms with E-state index in [1.165, 1.54) is 30.4 Å². The van der Waals surface area contributed by atoms with Gasteiger partial charge in [0.1, 0.15) is 11.9 Å². The van der Waals surface area contributed by atoms with E-state index in [1.54, 1.807) is 18.2 Å². The summed E-state index contributed by atoms with van der Waals surface area (Å²) in [6, 6.07) is 6.37. The Labute approximate surface area is 135 Å². The molecule has 1 amide bonds. The molecule has 0 saturated heterocycles. The Hall–Kier alpha value is -3.49. The molecule has 24 heavy (non-hydrogen) atoms. The van der Waals surface area contributed by atoms with Crippen molar-refractivity contribution < 1.29 is 14.3 Å². The maximum atomic E-state index is 12.2. The number of carbonyl (C=O) groups is 2. The average Bonchev–Trinajstić information content (AvgIpc) is 2.98. The van der Waals surface area contributed by atoms with Crippen LogP contribution in [0.15, 0.2) is 41.6 Å². The molecule has 0 aliphatic rings. The Morgan fingerprint density at radius 3 is 3.00 bits per heavy atom. The third kappa shape index (κ3) is 3.00. The van der Waals surface area contributed by atoms with Crippen LogP contribution >= 0.6 is 0 Å². The monoisotopic (exact) mass is 327 g/mol. The number of carbonyl (C=O) groups excluding carboxylic acids is 2. The second kappa shape index (κ2) is 6.32. The highest BCUT2D eigenvalue weighted by atomic mass is 16.5. The number of esters is 1. The lowest BCUT2D eigenvalue weighted by molar-refractivity contribution is -0.116. The van der Waals surface area contributed by atoms with Gasteiger partial charge in [-0.25, -0.2) is 14.5 Å². The van der Waals surface area contributed by atoms with E-state index in [0.29, 0.717) is 22.3 Å². The van der Waals surface area contributed by atoms with Crippen molar-refractivity contribution in [2.45, 2.75) is 6.54 Å². The highest BCUT2D eigenvalue weighted by Crippen LogP contribution is 2.12. The van der Waals surface area contributed by atoms with Crippen molar-refractivity contribution >= 4 is 28.6 Å². The number of nitrogens with zero attached hydrogens (tertiary/aromatic N) is 3. The first-order valence-electron chi connectivity index (χ1n) is 6.96. The van der Waals surface area contributed by atoms with Crippen molar-refractivity contribution in [2.75, 3.05) is 12.4 Å². The summed E-state index contributed by atoms with van der Waals surface area (Å²) < 4.78 is 5.96. The van der Waals surface area contributed by atoms with Gasteiger partial charge in [0.2, 0.25) is 5.91 Å². The van der Waals surface area contributed by atoms with Gasteiger partial charge in [-0.3, -0.25) is 9.59 Å². The Kier molecular flexibility index (Phi) is 4.06. The molecular formula is C15H13N5O4. The molecule has 9 nitrogen and oxygen atoms in total. The number of methoxy groups -OCH3 is 1. The van der Waals surface area contributed by atoms with Crippen molar-refractivity contribution in [2.24, 2.45) is 0 Å². The van der Waals surface area contributed by atoms with Crippen molar-refractivity contribution in [3.8, 4) is 0 Å². The Balaban J connectivity index is 1.77. The van der Waals surface area contributed by atoms with Crippen LogP contribution in [0.5, 0.6) is 0 Å². The van der Waals surface area contributed by atoms with Gasteiger partial charge in [-0.1, -0.05) is 6.07 Å². The van der Waals surface area contributed by atoms with Crippen LogP contribution in [0.25, 0.3) is 11.0 Å². The van der Waals surface area contributed by atoms with Crippen LogP contribution in [-0.2, 0) is 16.1 Å². The Morgan fingerprint density at radius 2 is 2.21 bits per heavy atom. The van der Waals surface area contributed by atoms with Gasteiger partial charge in [-0.2, -0.15) is 5.10 Å². The third-order valence-corrected chi connectivity index (χ3v) is 3.30. The minimum Gasteiger partial charge on any atom is -0.465 e. The second-order valence-electron chi connectivity index (χ2n) is 4.89. The first-order chi connectivity index (χ1) is 11.6. The van der Waals surface area contributed by atoms with Crippen molar-refractivity contribution in [1.82, 2.24) is 19.7 Å². The zero-order valence-corrected chi connectivity index (χ0v) is 12.6. The van der Waals surface area contributed by atoms with E-state index in [4.69, 9.17) is 0 Å². The molecule has 1 aromatic carbocycles. The highest BCUT2D eigenvalue weighted by molar-refractivity contribution is 5.94. The number of fused-ring (bicyclic) bond motifs is 1. The number of H-pyrrole nitrogens is 1. The number of nitrogens with one attached hydrogen (secondary N) is 2. The molecule has 0 spiro atoms.